The highest BCUT2D eigenvalue weighted by Gasteiger charge is 2.17. The van der Waals surface area contributed by atoms with E-state index in [1.807, 2.05) is 0 Å². The van der Waals surface area contributed by atoms with Gasteiger partial charge in [0.25, 0.3) is 0 Å². The topological polar surface area (TPSA) is 112 Å². The number of nitrogens with zero attached hydrogens (tertiary/aromatic N) is 2. The van der Waals surface area contributed by atoms with Crippen molar-refractivity contribution in [2.45, 2.75) is 6.92 Å². The summed E-state index contributed by atoms with van der Waals surface area (Å²) in [5.41, 5.74) is -0.568. The van der Waals surface area contributed by atoms with E-state index in [0.717, 1.165) is 11.3 Å². The monoisotopic (exact) mass is 229 g/mol. The average molecular weight is 229 g/mol. The summed E-state index contributed by atoms with van der Waals surface area (Å²) in [4.78, 5) is 25.0. The van der Waals surface area contributed by atoms with Gasteiger partial charge in [-0.05, 0) is 0 Å². The second kappa shape index (κ2) is 4.51. The molecule has 0 atom stereocenters. The molecular formula is C7H7N3O4S. The summed E-state index contributed by atoms with van der Waals surface area (Å²) in [6.07, 6.45) is 0. The minimum atomic E-state index is -1.39. The predicted molar refractivity (Wildman–Crippen MR) is 52.4 cm³/mol. The Hall–Kier alpha value is -1.96. The van der Waals surface area contributed by atoms with E-state index in [-0.39, 0.29) is 16.7 Å². The molecule has 1 heterocycles. The number of oxime groups is 1. The summed E-state index contributed by atoms with van der Waals surface area (Å²) in [5.74, 6) is -1.70. The van der Waals surface area contributed by atoms with Gasteiger partial charge in [0, 0.05) is 12.3 Å². The van der Waals surface area contributed by atoms with Crippen LogP contribution in [0.2, 0.25) is 0 Å². The van der Waals surface area contributed by atoms with E-state index in [9.17, 15) is 9.59 Å². The predicted octanol–water partition coefficient (Wildman–Crippen LogP) is 0.364. The maximum Gasteiger partial charge on any atom is 0.360 e. The van der Waals surface area contributed by atoms with Crippen LogP contribution in [0.3, 0.4) is 0 Å². The second-order valence-corrected chi connectivity index (χ2v) is 3.33. The zero-order valence-corrected chi connectivity index (χ0v) is 8.41. The molecule has 0 unspecified atom stereocenters. The molecule has 0 aliphatic carbocycles. The molecule has 1 rings (SSSR count). The zero-order valence-electron chi connectivity index (χ0n) is 7.59. The standard InChI is InChI=1S/C7H7N3O4S/c1-3(11)8-7-9-4(2-15-7)5(10-14)6(12)13/h2,14H,1H3,(H,12,13)(H,8,9,11)/b10-5-. The zero-order chi connectivity index (χ0) is 11.4. The van der Waals surface area contributed by atoms with Crippen molar-refractivity contribution in [1.82, 2.24) is 4.98 Å². The quantitative estimate of drug-likeness (QED) is 0.393. The molecule has 0 aliphatic rings. The van der Waals surface area contributed by atoms with E-state index in [1.54, 1.807) is 0 Å². The normalized spacial score (nSPS) is 11.1. The third-order valence-corrected chi connectivity index (χ3v) is 2.09. The van der Waals surface area contributed by atoms with Crippen LogP contribution in [0.15, 0.2) is 10.5 Å². The minimum Gasteiger partial charge on any atom is -0.476 e. The first kappa shape index (κ1) is 11.1. The SMILES string of the molecule is CC(=O)Nc1nc(/C(=N/O)C(=O)O)cs1. The summed E-state index contributed by atoms with van der Waals surface area (Å²) in [6, 6.07) is 0. The first-order valence-corrected chi connectivity index (χ1v) is 4.61. The highest BCUT2D eigenvalue weighted by molar-refractivity contribution is 7.14. The Morgan fingerprint density at radius 3 is 2.73 bits per heavy atom. The number of carbonyl (C=O) groups excluding carboxylic acids is 1. The fourth-order valence-electron chi connectivity index (χ4n) is 0.794. The largest absolute Gasteiger partial charge is 0.476 e. The first-order valence-electron chi connectivity index (χ1n) is 3.73. The van der Waals surface area contributed by atoms with Crippen molar-refractivity contribution in [2.24, 2.45) is 5.16 Å². The Balaban J connectivity index is 2.93. The van der Waals surface area contributed by atoms with Gasteiger partial charge < -0.3 is 15.6 Å². The summed E-state index contributed by atoms with van der Waals surface area (Å²) < 4.78 is 0. The van der Waals surface area contributed by atoms with Gasteiger partial charge in [-0.3, -0.25) is 4.79 Å². The number of hydrogen-bond acceptors (Lipinski definition) is 6. The number of aromatic nitrogens is 1. The number of amides is 1. The van der Waals surface area contributed by atoms with Crippen LogP contribution in [0.4, 0.5) is 5.13 Å². The third kappa shape index (κ3) is 2.74. The summed E-state index contributed by atoms with van der Waals surface area (Å²) in [5, 5.41) is 23.6. The molecule has 7 nitrogen and oxygen atoms in total. The van der Waals surface area contributed by atoms with Crippen LogP contribution in [-0.2, 0) is 9.59 Å². The molecule has 15 heavy (non-hydrogen) atoms. The average Bonchev–Trinajstić information content (AvgIpc) is 2.52. The van der Waals surface area contributed by atoms with Crippen molar-refractivity contribution >= 4 is 34.1 Å². The second-order valence-electron chi connectivity index (χ2n) is 2.47. The summed E-state index contributed by atoms with van der Waals surface area (Å²) >= 11 is 1.04. The summed E-state index contributed by atoms with van der Waals surface area (Å²) in [6.45, 7) is 1.30. The van der Waals surface area contributed by atoms with Gasteiger partial charge in [0.05, 0.1) is 0 Å². The van der Waals surface area contributed by atoms with Crippen molar-refractivity contribution in [1.29, 1.82) is 0 Å². The number of rotatable bonds is 3. The Morgan fingerprint density at radius 2 is 2.27 bits per heavy atom. The van der Waals surface area contributed by atoms with Crippen molar-refractivity contribution in [3.05, 3.63) is 11.1 Å². The smallest absolute Gasteiger partial charge is 0.360 e. The number of aliphatic carboxylic acids is 1. The van der Waals surface area contributed by atoms with E-state index in [1.165, 1.54) is 12.3 Å². The van der Waals surface area contributed by atoms with Crippen molar-refractivity contribution in [2.75, 3.05) is 5.32 Å². The lowest BCUT2D eigenvalue weighted by Crippen LogP contribution is -2.15. The van der Waals surface area contributed by atoms with Crippen molar-refractivity contribution in [3.8, 4) is 0 Å². The Kier molecular flexibility index (Phi) is 3.34. The lowest BCUT2D eigenvalue weighted by atomic mass is 10.3. The molecule has 0 aliphatic heterocycles. The van der Waals surface area contributed by atoms with Crippen LogP contribution in [0.1, 0.15) is 12.6 Å². The van der Waals surface area contributed by atoms with Gasteiger partial charge in [0.1, 0.15) is 5.69 Å². The van der Waals surface area contributed by atoms with Gasteiger partial charge in [0.15, 0.2) is 5.13 Å². The summed E-state index contributed by atoms with van der Waals surface area (Å²) in [7, 11) is 0. The highest BCUT2D eigenvalue weighted by Crippen LogP contribution is 2.15. The molecule has 8 heteroatoms. The number of carboxylic acid groups (broad SMARTS) is 1. The fourth-order valence-corrected chi connectivity index (χ4v) is 1.54. The lowest BCUT2D eigenvalue weighted by molar-refractivity contribution is -0.129. The molecule has 1 amide bonds. The van der Waals surface area contributed by atoms with E-state index < -0.39 is 11.7 Å². The van der Waals surface area contributed by atoms with E-state index in [4.69, 9.17) is 10.3 Å². The van der Waals surface area contributed by atoms with Crippen LogP contribution < -0.4 is 5.32 Å². The number of hydrogen-bond donors (Lipinski definition) is 3. The molecule has 0 spiro atoms. The number of thiazole rings is 1. The maximum absolute atomic E-state index is 10.7. The lowest BCUT2D eigenvalue weighted by Gasteiger charge is -1.94. The number of carbonyl (C=O) groups is 2. The molecule has 1 aromatic heterocycles. The Morgan fingerprint density at radius 1 is 1.60 bits per heavy atom. The molecule has 0 saturated heterocycles. The van der Waals surface area contributed by atoms with Crippen LogP contribution in [0.25, 0.3) is 0 Å². The molecule has 80 valence electrons. The Bertz CT molecular complexity index is 426. The van der Waals surface area contributed by atoms with Gasteiger partial charge in [-0.15, -0.1) is 11.3 Å². The first-order chi connectivity index (χ1) is 7.04. The van der Waals surface area contributed by atoms with Crippen molar-refractivity contribution in [3.63, 3.8) is 0 Å². The molecular weight excluding hydrogens is 222 g/mol. The van der Waals surface area contributed by atoms with Crippen LogP contribution in [0.5, 0.6) is 0 Å². The molecule has 0 saturated carbocycles. The van der Waals surface area contributed by atoms with Crippen LogP contribution in [-0.4, -0.2) is 32.9 Å². The van der Waals surface area contributed by atoms with Gasteiger partial charge in [-0.1, -0.05) is 5.16 Å². The van der Waals surface area contributed by atoms with E-state index >= 15 is 0 Å². The number of nitrogens with one attached hydrogen (secondary N) is 1. The molecule has 0 aromatic carbocycles. The van der Waals surface area contributed by atoms with Gasteiger partial charge >= 0.3 is 5.97 Å². The van der Waals surface area contributed by atoms with Crippen molar-refractivity contribution < 1.29 is 19.9 Å². The molecule has 0 bridgehead atoms. The maximum atomic E-state index is 10.7. The highest BCUT2D eigenvalue weighted by atomic mass is 32.1. The van der Waals surface area contributed by atoms with Gasteiger partial charge in [-0.2, -0.15) is 0 Å². The third-order valence-electron chi connectivity index (χ3n) is 1.33. The molecule has 3 N–H and O–H groups in total. The molecule has 1 aromatic rings. The van der Waals surface area contributed by atoms with Gasteiger partial charge in [0.2, 0.25) is 11.6 Å². The minimum absolute atomic E-state index is 0.00116. The van der Waals surface area contributed by atoms with Crippen LogP contribution in [0, 0.1) is 0 Å². The molecule has 0 fully saturated rings. The fraction of sp³-hybridized carbons (Fsp3) is 0.143. The number of anilines is 1. The molecule has 0 radical (unpaired) electrons. The Labute approximate surface area is 88.1 Å². The number of carboxylic acids is 1. The van der Waals surface area contributed by atoms with Gasteiger partial charge in [-0.25, -0.2) is 9.78 Å². The van der Waals surface area contributed by atoms with E-state index in [0.29, 0.717) is 0 Å². The van der Waals surface area contributed by atoms with E-state index in [2.05, 4.69) is 15.5 Å². The van der Waals surface area contributed by atoms with Crippen LogP contribution >= 0.6 is 11.3 Å².